The van der Waals surface area contributed by atoms with Crippen molar-refractivity contribution in [1.82, 2.24) is 10.2 Å². The third kappa shape index (κ3) is 3.82. The van der Waals surface area contributed by atoms with Gasteiger partial charge in [-0.3, -0.25) is 0 Å². The Labute approximate surface area is 128 Å². The second-order valence-corrected chi connectivity index (χ2v) is 6.02. The molecule has 3 nitrogen and oxygen atoms in total. The lowest BCUT2D eigenvalue weighted by atomic mass is 10.1. The van der Waals surface area contributed by atoms with Crippen molar-refractivity contribution >= 4 is 17.4 Å². The molecule has 1 aromatic carbocycles. The molecule has 1 N–H and O–H groups in total. The first kappa shape index (κ1) is 15.5. The van der Waals surface area contributed by atoms with Crippen LogP contribution in [0.25, 0.3) is 0 Å². The number of halogens is 1. The van der Waals surface area contributed by atoms with E-state index in [1.165, 1.54) is 6.07 Å². The number of thiophene rings is 1. The Balaban J connectivity index is 1.93. The molecule has 1 atom stereocenters. The molecule has 1 unspecified atom stereocenters. The molecule has 0 fully saturated rings. The zero-order valence-corrected chi connectivity index (χ0v) is 13.2. The number of carbonyl (C=O) groups is 1. The van der Waals surface area contributed by atoms with Crippen molar-refractivity contribution in [1.29, 1.82) is 0 Å². The summed E-state index contributed by atoms with van der Waals surface area (Å²) in [6.45, 7) is 4.02. The fraction of sp³-hybridized carbons (Fsp3) is 0.312. The van der Waals surface area contributed by atoms with Gasteiger partial charge in [0.25, 0.3) is 0 Å². The summed E-state index contributed by atoms with van der Waals surface area (Å²) >= 11 is 1.62. The molecule has 1 heterocycles. The highest BCUT2D eigenvalue weighted by atomic mass is 32.1. The molecule has 2 amide bonds. The van der Waals surface area contributed by atoms with Gasteiger partial charge in [0.05, 0.1) is 6.04 Å². The van der Waals surface area contributed by atoms with Crippen LogP contribution in [0.3, 0.4) is 0 Å². The van der Waals surface area contributed by atoms with Crippen molar-refractivity contribution in [3.63, 3.8) is 0 Å². The van der Waals surface area contributed by atoms with Gasteiger partial charge in [0.15, 0.2) is 0 Å². The lowest BCUT2D eigenvalue weighted by Gasteiger charge is -2.24. The monoisotopic (exact) mass is 306 g/mol. The SMILES string of the molecule is Cc1ccc(CNC(=O)N(C)C(C)c2cccs2)cc1F. The van der Waals surface area contributed by atoms with E-state index in [1.54, 1.807) is 36.3 Å². The number of aryl methyl sites for hydroxylation is 1. The van der Waals surface area contributed by atoms with Gasteiger partial charge < -0.3 is 10.2 Å². The molecule has 0 saturated heterocycles. The van der Waals surface area contributed by atoms with Crippen molar-refractivity contribution < 1.29 is 9.18 Å². The normalized spacial score (nSPS) is 12.0. The third-order valence-electron chi connectivity index (χ3n) is 3.54. The second-order valence-electron chi connectivity index (χ2n) is 5.04. The molecule has 0 spiro atoms. The van der Waals surface area contributed by atoms with Gasteiger partial charge in [-0.05, 0) is 42.5 Å². The van der Waals surface area contributed by atoms with Crippen LogP contribution < -0.4 is 5.32 Å². The number of hydrogen-bond donors (Lipinski definition) is 1. The summed E-state index contributed by atoms with van der Waals surface area (Å²) in [6, 6.07) is 8.82. The number of hydrogen-bond acceptors (Lipinski definition) is 2. The zero-order valence-electron chi connectivity index (χ0n) is 12.4. The summed E-state index contributed by atoms with van der Waals surface area (Å²) < 4.78 is 13.5. The summed E-state index contributed by atoms with van der Waals surface area (Å²) in [7, 11) is 1.76. The predicted octanol–water partition coefficient (Wildman–Crippen LogP) is 4.10. The summed E-state index contributed by atoms with van der Waals surface area (Å²) in [6.07, 6.45) is 0. The molecule has 0 radical (unpaired) electrons. The highest BCUT2D eigenvalue weighted by molar-refractivity contribution is 7.10. The molecule has 5 heteroatoms. The third-order valence-corrected chi connectivity index (χ3v) is 4.58. The maximum Gasteiger partial charge on any atom is 0.317 e. The van der Waals surface area contributed by atoms with E-state index in [9.17, 15) is 9.18 Å². The second kappa shape index (κ2) is 6.72. The highest BCUT2D eigenvalue weighted by Crippen LogP contribution is 2.23. The Morgan fingerprint density at radius 3 is 2.81 bits per heavy atom. The van der Waals surface area contributed by atoms with Crippen LogP contribution in [-0.4, -0.2) is 18.0 Å². The quantitative estimate of drug-likeness (QED) is 0.906. The highest BCUT2D eigenvalue weighted by Gasteiger charge is 2.17. The van der Waals surface area contributed by atoms with E-state index in [0.717, 1.165) is 10.4 Å². The van der Waals surface area contributed by atoms with Crippen molar-refractivity contribution in [2.75, 3.05) is 7.05 Å². The molecule has 21 heavy (non-hydrogen) atoms. The molecule has 0 bridgehead atoms. The summed E-state index contributed by atoms with van der Waals surface area (Å²) in [5.74, 6) is -0.248. The van der Waals surface area contributed by atoms with E-state index < -0.39 is 0 Å². The van der Waals surface area contributed by atoms with E-state index >= 15 is 0 Å². The van der Waals surface area contributed by atoms with Gasteiger partial charge in [-0.25, -0.2) is 9.18 Å². The Kier molecular flexibility index (Phi) is 4.96. The van der Waals surface area contributed by atoms with Crippen LogP contribution in [-0.2, 0) is 6.54 Å². The number of urea groups is 1. The van der Waals surface area contributed by atoms with Crippen molar-refractivity contribution in [2.24, 2.45) is 0 Å². The lowest BCUT2D eigenvalue weighted by Crippen LogP contribution is -2.38. The van der Waals surface area contributed by atoms with E-state index in [4.69, 9.17) is 0 Å². The molecule has 2 aromatic rings. The molecule has 0 aliphatic heterocycles. The lowest BCUT2D eigenvalue weighted by molar-refractivity contribution is 0.194. The minimum Gasteiger partial charge on any atom is -0.334 e. The number of nitrogens with one attached hydrogen (secondary N) is 1. The van der Waals surface area contributed by atoms with Crippen LogP contribution in [0.2, 0.25) is 0 Å². The number of benzene rings is 1. The predicted molar refractivity (Wildman–Crippen MR) is 83.9 cm³/mol. The number of carbonyl (C=O) groups excluding carboxylic acids is 1. The van der Waals surface area contributed by atoms with E-state index in [1.807, 2.05) is 30.5 Å². The molecule has 0 aliphatic carbocycles. The van der Waals surface area contributed by atoms with Gasteiger partial charge in [-0.15, -0.1) is 11.3 Å². The van der Waals surface area contributed by atoms with Gasteiger partial charge in [0.2, 0.25) is 0 Å². The molecular weight excluding hydrogens is 287 g/mol. The summed E-state index contributed by atoms with van der Waals surface area (Å²) in [4.78, 5) is 14.9. The maximum atomic E-state index is 13.5. The summed E-state index contributed by atoms with van der Waals surface area (Å²) in [5.41, 5.74) is 1.36. The fourth-order valence-corrected chi connectivity index (χ4v) is 2.77. The minimum atomic E-state index is -0.248. The van der Waals surface area contributed by atoms with Gasteiger partial charge in [0.1, 0.15) is 5.82 Å². The maximum absolute atomic E-state index is 13.5. The molecule has 0 saturated carbocycles. The number of amides is 2. The molecule has 1 aromatic heterocycles. The van der Waals surface area contributed by atoms with Gasteiger partial charge in [-0.2, -0.15) is 0 Å². The van der Waals surface area contributed by atoms with Gasteiger partial charge in [-0.1, -0.05) is 18.2 Å². The van der Waals surface area contributed by atoms with E-state index in [0.29, 0.717) is 12.1 Å². The van der Waals surface area contributed by atoms with Crippen molar-refractivity contribution in [3.05, 3.63) is 57.5 Å². The largest absolute Gasteiger partial charge is 0.334 e. The first-order chi connectivity index (χ1) is 9.99. The van der Waals surface area contributed by atoms with Crippen LogP contribution in [0.5, 0.6) is 0 Å². The average molecular weight is 306 g/mol. The minimum absolute atomic E-state index is 0.0137. The van der Waals surface area contributed by atoms with Crippen molar-refractivity contribution in [3.8, 4) is 0 Å². The van der Waals surface area contributed by atoms with Crippen LogP contribution in [0, 0.1) is 12.7 Å². The first-order valence-corrected chi connectivity index (χ1v) is 7.66. The Bertz CT molecular complexity index is 613. The summed E-state index contributed by atoms with van der Waals surface area (Å²) in [5, 5.41) is 4.81. The smallest absolute Gasteiger partial charge is 0.317 e. The van der Waals surface area contributed by atoms with Crippen molar-refractivity contribution in [2.45, 2.75) is 26.4 Å². The van der Waals surface area contributed by atoms with Crippen LogP contribution in [0.15, 0.2) is 35.7 Å². The Hall–Kier alpha value is -1.88. The molecule has 2 rings (SSSR count). The molecule has 112 valence electrons. The number of nitrogens with zero attached hydrogens (tertiary/aromatic N) is 1. The number of rotatable bonds is 4. The van der Waals surface area contributed by atoms with Gasteiger partial charge >= 0.3 is 6.03 Å². The fourth-order valence-electron chi connectivity index (χ4n) is 1.94. The van der Waals surface area contributed by atoms with Crippen LogP contribution in [0.1, 0.15) is 29.0 Å². The Morgan fingerprint density at radius 2 is 2.19 bits per heavy atom. The van der Waals surface area contributed by atoms with Crippen LogP contribution in [0.4, 0.5) is 9.18 Å². The standard InChI is InChI=1S/C16H19FN2OS/c1-11-6-7-13(9-14(11)17)10-18-16(20)19(3)12(2)15-5-4-8-21-15/h4-9,12H,10H2,1-3H3,(H,18,20). The Morgan fingerprint density at radius 1 is 1.43 bits per heavy atom. The molecule has 0 aliphatic rings. The van der Waals surface area contributed by atoms with E-state index in [-0.39, 0.29) is 17.9 Å². The average Bonchev–Trinajstić information content (AvgIpc) is 3.00. The molecular formula is C16H19FN2OS. The topological polar surface area (TPSA) is 32.3 Å². The zero-order chi connectivity index (χ0) is 15.4. The van der Waals surface area contributed by atoms with Crippen LogP contribution >= 0.6 is 11.3 Å². The first-order valence-electron chi connectivity index (χ1n) is 6.78. The van der Waals surface area contributed by atoms with Gasteiger partial charge in [0, 0.05) is 18.5 Å². The van der Waals surface area contributed by atoms with E-state index in [2.05, 4.69) is 5.32 Å².